The Morgan fingerprint density at radius 1 is 0.893 bits per heavy atom. The zero-order valence-electron chi connectivity index (χ0n) is 17.4. The zero-order chi connectivity index (χ0) is 20.2. The van der Waals surface area contributed by atoms with Crippen LogP contribution in [0.5, 0.6) is 0 Å². The van der Waals surface area contributed by atoms with E-state index in [2.05, 4.69) is 29.3 Å². The van der Waals surface area contributed by atoms with E-state index in [4.69, 9.17) is 4.74 Å². The van der Waals surface area contributed by atoms with Crippen molar-refractivity contribution < 1.29 is 9.53 Å². The van der Waals surface area contributed by atoms with Gasteiger partial charge >= 0.3 is 5.97 Å². The summed E-state index contributed by atoms with van der Waals surface area (Å²) in [5.41, 5.74) is 4.27. The van der Waals surface area contributed by atoms with E-state index in [1.165, 1.54) is 11.1 Å². The quantitative estimate of drug-likeness (QED) is 0.237. The highest BCUT2D eigenvalue weighted by molar-refractivity contribution is 5.71. The standard InChI is InChI=1S/C24H32N2O2/c1-4-20(3)24(27)28-18-8-6-5-7-9-21-12-16-23(17-13-21)26-25-22-14-10-19(2)11-15-22/h10-17,20H,4-9,18H2,1-3H3. The smallest absolute Gasteiger partial charge is 0.308 e. The van der Waals surface area contributed by atoms with Gasteiger partial charge in [-0.3, -0.25) is 4.79 Å². The number of unbranched alkanes of at least 4 members (excludes halogenated alkanes) is 3. The lowest BCUT2D eigenvalue weighted by Gasteiger charge is -2.09. The zero-order valence-corrected chi connectivity index (χ0v) is 17.4. The van der Waals surface area contributed by atoms with E-state index < -0.39 is 0 Å². The fraction of sp³-hybridized carbons (Fsp3) is 0.458. The third kappa shape index (κ3) is 8.03. The van der Waals surface area contributed by atoms with E-state index in [9.17, 15) is 4.79 Å². The highest BCUT2D eigenvalue weighted by atomic mass is 16.5. The maximum absolute atomic E-state index is 11.6. The van der Waals surface area contributed by atoms with Crippen LogP contribution in [0.15, 0.2) is 58.8 Å². The lowest BCUT2D eigenvalue weighted by molar-refractivity contribution is -0.148. The lowest BCUT2D eigenvalue weighted by Crippen LogP contribution is -2.14. The van der Waals surface area contributed by atoms with Gasteiger partial charge in [0, 0.05) is 0 Å². The Morgan fingerprint density at radius 2 is 1.46 bits per heavy atom. The lowest BCUT2D eigenvalue weighted by atomic mass is 10.1. The summed E-state index contributed by atoms with van der Waals surface area (Å²) in [6.07, 6.45) is 6.23. The number of esters is 1. The molecule has 2 aromatic carbocycles. The minimum Gasteiger partial charge on any atom is -0.465 e. The molecule has 1 atom stereocenters. The summed E-state index contributed by atoms with van der Waals surface area (Å²) in [6.45, 7) is 6.52. The van der Waals surface area contributed by atoms with E-state index in [1.807, 2.05) is 50.2 Å². The molecule has 0 aliphatic rings. The van der Waals surface area contributed by atoms with E-state index in [1.54, 1.807) is 0 Å². The van der Waals surface area contributed by atoms with Crippen molar-refractivity contribution in [3.63, 3.8) is 0 Å². The van der Waals surface area contributed by atoms with Gasteiger partial charge in [0.25, 0.3) is 0 Å². The van der Waals surface area contributed by atoms with Crippen LogP contribution in [0.3, 0.4) is 0 Å². The predicted octanol–water partition coefficient (Wildman–Crippen LogP) is 7.10. The first-order valence-electron chi connectivity index (χ1n) is 10.3. The van der Waals surface area contributed by atoms with Gasteiger partial charge in [-0.25, -0.2) is 0 Å². The first-order valence-corrected chi connectivity index (χ1v) is 10.3. The Bertz CT molecular complexity index is 736. The number of carbonyl (C=O) groups is 1. The molecule has 0 spiro atoms. The highest BCUT2D eigenvalue weighted by Gasteiger charge is 2.10. The number of benzene rings is 2. The molecule has 0 heterocycles. The van der Waals surface area contributed by atoms with Gasteiger partial charge in [0.15, 0.2) is 0 Å². The maximum Gasteiger partial charge on any atom is 0.308 e. The van der Waals surface area contributed by atoms with E-state index in [-0.39, 0.29) is 11.9 Å². The third-order valence-electron chi connectivity index (χ3n) is 4.87. The van der Waals surface area contributed by atoms with Gasteiger partial charge in [0.05, 0.1) is 23.9 Å². The van der Waals surface area contributed by atoms with Gasteiger partial charge in [0.1, 0.15) is 0 Å². The minimum absolute atomic E-state index is 0.0133. The molecule has 0 saturated carbocycles. The van der Waals surface area contributed by atoms with Crippen LogP contribution in [0.4, 0.5) is 11.4 Å². The topological polar surface area (TPSA) is 51.0 Å². The molecule has 0 N–H and O–H groups in total. The van der Waals surface area contributed by atoms with Crippen molar-refractivity contribution in [2.45, 2.75) is 59.3 Å². The molecule has 2 rings (SSSR count). The summed E-state index contributed by atoms with van der Waals surface area (Å²) in [5, 5.41) is 8.56. The van der Waals surface area contributed by atoms with Crippen LogP contribution in [0.1, 0.15) is 57.1 Å². The molecule has 4 heteroatoms. The van der Waals surface area contributed by atoms with Gasteiger partial charge in [-0.05, 0) is 62.4 Å². The Hall–Kier alpha value is -2.49. The van der Waals surface area contributed by atoms with Crippen LogP contribution in [0.2, 0.25) is 0 Å². The highest BCUT2D eigenvalue weighted by Crippen LogP contribution is 2.20. The maximum atomic E-state index is 11.6. The van der Waals surface area contributed by atoms with Crippen LogP contribution < -0.4 is 0 Å². The van der Waals surface area contributed by atoms with Crippen molar-refractivity contribution >= 4 is 17.3 Å². The summed E-state index contributed by atoms with van der Waals surface area (Å²) in [5.74, 6) is -0.0542. The van der Waals surface area contributed by atoms with Crippen molar-refractivity contribution in [2.75, 3.05) is 6.61 Å². The van der Waals surface area contributed by atoms with Gasteiger partial charge in [0.2, 0.25) is 0 Å². The molecule has 0 amide bonds. The molecule has 0 bridgehead atoms. The van der Waals surface area contributed by atoms with Crippen LogP contribution in [0.25, 0.3) is 0 Å². The third-order valence-corrected chi connectivity index (χ3v) is 4.87. The average molecular weight is 381 g/mol. The normalized spacial score (nSPS) is 12.2. The molecule has 0 aliphatic carbocycles. The molecule has 0 saturated heterocycles. The average Bonchev–Trinajstić information content (AvgIpc) is 2.72. The number of hydrogen-bond acceptors (Lipinski definition) is 4. The summed E-state index contributed by atoms with van der Waals surface area (Å²) in [7, 11) is 0. The number of rotatable bonds is 11. The van der Waals surface area contributed by atoms with Crippen LogP contribution >= 0.6 is 0 Å². The van der Waals surface area contributed by atoms with Crippen molar-refractivity contribution in [3.8, 4) is 0 Å². The second kappa shape index (κ2) is 12.1. The Labute approximate surface area is 169 Å². The number of ether oxygens (including phenoxy) is 1. The number of carbonyl (C=O) groups excluding carboxylic acids is 1. The molecule has 4 nitrogen and oxygen atoms in total. The SMILES string of the molecule is CCC(C)C(=O)OCCCCCCc1ccc(N=Nc2ccc(C)cc2)cc1. The molecule has 28 heavy (non-hydrogen) atoms. The first kappa shape index (κ1) is 21.8. The van der Waals surface area contributed by atoms with Crippen LogP contribution in [-0.2, 0) is 16.0 Å². The van der Waals surface area contributed by atoms with Crippen LogP contribution in [0, 0.1) is 12.8 Å². The second-order valence-corrected chi connectivity index (χ2v) is 7.34. The molecule has 0 aromatic heterocycles. The molecule has 1 unspecified atom stereocenters. The van der Waals surface area contributed by atoms with Crippen LogP contribution in [-0.4, -0.2) is 12.6 Å². The summed E-state index contributed by atoms with van der Waals surface area (Å²) in [4.78, 5) is 11.6. The van der Waals surface area contributed by atoms with Gasteiger partial charge in [-0.2, -0.15) is 10.2 Å². The van der Waals surface area contributed by atoms with E-state index >= 15 is 0 Å². The van der Waals surface area contributed by atoms with Crippen molar-refractivity contribution in [2.24, 2.45) is 16.1 Å². The van der Waals surface area contributed by atoms with Gasteiger partial charge < -0.3 is 4.74 Å². The first-order chi connectivity index (χ1) is 13.6. The Morgan fingerprint density at radius 3 is 2.07 bits per heavy atom. The van der Waals surface area contributed by atoms with Crippen molar-refractivity contribution in [1.29, 1.82) is 0 Å². The molecule has 2 aromatic rings. The second-order valence-electron chi connectivity index (χ2n) is 7.34. The number of azo groups is 1. The van der Waals surface area contributed by atoms with Gasteiger partial charge in [-0.1, -0.05) is 56.5 Å². The largest absolute Gasteiger partial charge is 0.465 e. The van der Waals surface area contributed by atoms with Crippen molar-refractivity contribution in [3.05, 3.63) is 59.7 Å². The predicted molar refractivity (Wildman–Crippen MR) is 114 cm³/mol. The molecule has 0 aliphatic heterocycles. The Kier molecular flexibility index (Phi) is 9.40. The summed E-state index contributed by atoms with van der Waals surface area (Å²) >= 11 is 0. The number of hydrogen-bond donors (Lipinski definition) is 0. The molecule has 0 radical (unpaired) electrons. The summed E-state index contributed by atoms with van der Waals surface area (Å²) < 4.78 is 5.28. The number of nitrogens with zero attached hydrogens (tertiary/aromatic N) is 2. The van der Waals surface area contributed by atoms with Crippen molar-refractivity contribution in [1.82, 2.24) is 0 Å². The minimum atomic E-state index is -0.0675. The van der Waals surface area contributed by atoms with E-state index in [0.29, 0.717) is 6.61 Å². The monoisotopic (exact) mass is 380 g/mol. The fourth-order valence-corrected chi connectivity index (χ4v) is 2.72. The van der Waals surface area contributed by atoms with Gasteiger partial charge in [-0.15, -0.1) is 0 Å². The molecule has 0 fully saturated rings. The Balaban J connectivity index is 1.62. The number of aryl methyl sites for hydroxylation is 2. The summed E-state index contributed by atoms with van der Waals surface area (Å²) in [6, 6.07) is 16.3. The molecular formula is C24H32N2O2. The molecular weight excluding hydrogens is 348 g/mol. The molecule has 150 valence electrons. The fourth-order valence-electron chi connectivity index (χ4n) is 2.72. The van der Waals surface area contributed by atoms with E-state index in [0.717, 1.165) is 49.9 Å².